The van der Waals surface area contributed by atoms with Crippen LogP contribution in [0.2, 0.25) is 0 Å². The molecule has 0 spiro atoms. The maximum absolute atomic E-state index is 9.15. The van der Waals surface area contributed by atoms with E-state index in [4.69, 9.17) is 9.90 Å². The normalized spacial score (nSPS) is 12.8. The first kappa shape index (κ1) is 23.8. The van der Waals surface area contributed by atoms with Gasteiger partial charge in [-0.3, -0.25) is 0 Å². The van der Waals surface area contributed by atoms with E-state index in [1.807, 2.05) is 54.6 Å². The van der Waals surface area contributed by atoms with Crippen molar-refractivity contribution >= 4 is 54.3 Å². The fourth-order valence-corrected chi connectivity index (χ4v) is 7.51. The maximum Gasteiger partial charge on any atom is 0.136 e. The van der Waals surface area contributed by atoms with Crippen LogP contribution in [0.3, 0.4) is 0 Å². The Morgan fingerprint density at radius 2 is 0.939 bits per heavy atom. The molecular formula is C48H30O. The summed E-state index contributed by atoms with van der Waals surface area (Å²) in [5.41, 5.74) is 9.47. The Balaban J connectivity index is 1.11. The molecular weight excluding hydrogens is 593 g/mol. The minimum Gasteiger partial charge on any atom is -0.456 e. The first-order valence-electron chi connectivity index (χ1n) is 18.5. The van der Waals surface area contributed by atoms with Crippen LogP contribution < -0.4 is 0 Å². The van der Waals surface area contributed by atoms with E-state index in [0.29, 0.717) is 10.8 Å². The van der Waals surface area contributed by atoms with Crippen LogP contribution in [0.4, 0.5) is 0 Å². The van der Waals surface area contributed by atoms with E-state index < -0.39 is 0 Å². The van der Waals surface area contributed by atoms with Gasteiger partial charge >= 0.3 is 0 Å². The van der Waals surface area contributed by atoms with Gasteiger partial charge in [0.15, 0.2) is 0 Å². The van der Waals surface area contributed by atoms with Crippen molar-refractivity contribution in [1.82, 2.24) is 0 Å². The van der Waals surface area contributed by atoms with Gasteiger partial charge in [0.2, 0.25) is 0 Å². The zero-order chi connectivity index (χ0) is 35.8. The Bertz CT molecular complexity index is 3080. The minimum absolute atomic E-state index is 0.0339. The van der Waals surface area contributed by atoms with Gasteiger partial charge in [-0.05, 0) is 101 Å². The second-order valence-corrected chi connectivity index (χ2v) is 12.5. The van der Waals surface area contributed by atoms with E-state index in [-0.39, 0.29) is 24.2 Å². The zero-order valence-corrected chi connectivity index (χ0v) is 26.4. The molecule has 0 saturated heterocycles. The van der Waals surface area contributed by atoms with Crippen molar-refractivity contribution < 1.29 is 9.90 Å². The van der Waals surface area contributed by atoms with E-state index >= 15 is 0 Å². The van der Waals surface area contributed by atoms with Gasteiger partial charge < -0.3 is 4.42 Å². The smallest absolute Gasteiger partial charge is 0.136 e. The van der Waals surface area contributed by atoms with Gasteiger partial charge in [-0.2, -0.15) is 0 Å². The maximum atomic E-state index is 9.15. The van der Waals surface area contributed by atoms with Gasteiger partial charge in [-0.15, -0.1) is 0 Å². The molecule has 228 valence electrons. The van der Waals surface area contributed by atoms with Crippen LogP contribution >= 0.6 is 0 Å². The molecule has 0 aliphatic carbocycles. The second kappa shape index (κ2) is 11.1. The van der Waals surface area contributed by atoms with Crippen LogP contribution in [0.15, 0.2) is 186 Å². The van der Waals surface area contributed by atoms with E-state index in [1.54, 1.807) is 0 Å². The Labute approximate surface area is 289 Å². The van der Waals surface area contributed by atoms with E-state index in [2.05, 4.69) is 103 Å². The third kappa shape index (κ3) is 4.47. The van der Waals surface area contributed by atoms with Crippen LogP contribution in [0.5, 0.6) is 0 Å². The zero-order valence-electron chi connectivity index (χ0n) is 30.4. The molecule has 10 aromatic rings. The lowest BCUT2D eigenvalue weighted by molar-refractivity contribution is 0.669. The average molecular weight is 627 g/mol. The summed E-state index contributed by atoms with van der Waals surface area (Å²) in [5, 5.41) is 7.46. The van der Waals surface area contributed by atoms with Crippen LogP contribution in [-0.2, 0) is 0 Å². The van der Waals surface area contributed by atoms with Crippen molar-refractivity contribution in [1.29, 1.82) is 0 Å². The Morgan fingerprint density at radius 3 is 1.69 bits per heavy atom. The number of furan rings is 1. The Morgan fingerprint density at radius 1 is 0.347 bits per heavy atom. The van der Waals surface area contributed by atoms with Gasteiger partial charge in [0, 0.05) is 10.8 Å². The second-order valence-electron chi connectivity index (χ2n) is 12.5. The highest BCUT2D eigenvalue weighted by atomic mass is 16.3. The summed E-state index contributed by atoms with van der Waals surface area (Å²) in [5.74, 6) is 0. The molecule has 1 aromatic heterocycles. The average Bonchev–Trinajstić information content (AvgIpc) is 3.58. The van der Waals surface area contributed by atoms with Gasteiger partial charge in [0.05, 0.1) is 5.48 Å². The van der Waals surface area contributed by atoms with Crippen LogP contribution in [0.25, 0.3) is 98.8 Å². The number of benzene rings is 9. The highest BCUT2D eigenvalue weighted by molar-refractivity contribution is 6.21. The summed E-state index contributed by atoms with van der Waals surface area (Å²) < 4.78 is 41.9. The van der Waals surface area contributed by atoms with E-state index in [9.17, 15) is 0 Å². The number of rotatable bonds is 4. The fourth-order valence-electron chi connectivity index (χ4n) is 7.51. The van der Waals surface area contributed by atoms with Crippen LogP contribution in [0.1, 0.15) is 5.48 Å². The Kier molecular flexibility index (Phi) is 5.38. The summed E-state index contributed by atoms with van der Waals surface area (Å²) in [4.78, 5) is 0. The largest absolute Gasteiger partial charge is 0.456 e. The molecule has 49 heavy (non-hydrogen) atoms. The summed E-state index contributed by atoms with van der Waals surface area (Å²) in [6.45, 7) is 0. The third-order valence-corrected chi connectivity index (χ3v) is 9.79. The molecule has 0 N–H and O–H groups in total. The van der Waals surface area contributed by atoms with Crippen molar-refractivity contribution in [2.75, 3.05) is 0 Å². The predicted molar refractivity (Wildman–Crippen MR) is 208 cm³/mol. The van der Waals surface area contributed by atoms with E-state index in [1.165, 1.54) is 16.3 Å². The summed E-state index contributed by atoms with van der Waals surface area (Å²) in [6, 6.07) is 53.3. The van der Waals surface area contributed by atoms with Crippen molar-refractivity contribution in [3.8, 4) is 44.5 Å². The highest BCUT2D eigenvalue weighted by Gasteiger charge is 2.17. The number of hydrogen-bond acceptors (Lipinski definition) is 1. The first-order chi connectivity index (χ1) is 26.0. The van der Waals surface area contributed by atoms with Crippen LogP contribution in [-0.4, -0.2) is 0 Å². The van der Waals surface area contributed by atoms with Gasteiger partial charge in [0.1, 0.15) is 11.2 Å². The molecule has 0 saturated carbocycles. The first-order valence-corrected chi connectivity index (χ1v) is 16.5. The van der Waals surface area contributed by atoms with Crippen molar-refractivity contribution in [3.05, 3.63) is 182 Å². The van der Waals surface area contributed by atoms with Gasteiger partial charge in [-0.1, -0.05) is 158 Å². The fraction of sp³-hybridized carbons (Fsp3) is 0. The minimum atomic E-state index is -0.237. The molecule has 0 fully saturated rings. The molecule has 1 nitrogen and oxygen atoms in total. The molecule has 0 radical (unpaired) electrons. The van der Waals surface area contributed by atoms with Crippen LogP contribution in [0, 0.1) is 0 Å². The molecule has 0 amide bonds. The molecule has 1 heteroatoms. The van der Waals surface area contributed by atoms with E-state index in [0.717, 1.165) is 71.7 Å². The van der Waals surface area contributed by atoms with Crippen molar-refractivity contribution in [3.63, 3.8) is 0 Å². The molecule has 9 aromatic carbocycles. The van der Waals surface area contributed by atoms with Gasteiger partial charge in [-0.25, -0.2) is 0 Å². The summed E-state index contributed by atoms with van der Waals surface area (Å²) in [6.07, 6.45) is 0. The summed E-state index contributed by atoms with van der Waals surface area (Å²) in [7, 11) is 0. The predicted octanol–water partition coefficient (Wildman–Crippen LogP) is 13.7. The lowest BCUT2D eigenvalue weighted by Gasteiger charge is -2.18. The molecule has 10 rings (SSSR count). The molecule has 0 unspecified atom stereocenters. The lowest BCUT2D eigenvalue weighted by atomic mass is 9.86. The molecule has 1 heterocycles. The SMILES string of the molecule is [2H]c1c([2H])c([2H])c2c(-c3ccc(-c4ccc5oc6cc(-c7cccc8ccccc78)ccc6c5c4)cc3)c3ccccc3c(-c3ccccc3)c2c1[2H]. The third-order valence-electron chi connectivity index (χ3n) is 9.79. The number of fused-ring (bicyclic) bond motifs is 6. The van der Waals surface area contributed by atoms with Crippen molar-refractivity contribution in [2.24, 2.45) is 0 Å². The topological polar surface area (TPSA) is 13.1 Å². The molecule has 0 aliphatic rings. The van der Waals surface area contributed by atoms with Gasteiger partial charge in [0.25, 0.3) is 0 Å². The standard InChI is InChI=1S/C48H30O/c1-2-12-33(13-3-1)47-40-16-6-8-18-42(40)48(43-19-9-7-17-41(43)47)34-23-21-31(22-24-34)35-26-28-45-44(29-35)39-27-25-36(30-46(39)49-45)38-20-10-14-32-11-4-5-15-37(32)38/h1-30H/i6D,8D,16D,18D. The summed E-state index contributed by atoms with van der Waals surface area (Å²) >= 11 is 0. The molecule has 0 aliphatic heterocycles. The number of hydrogen-bond donors (Lipinski definition) is 0. The Hall–Kier alpha value is -6.44. The molecule has 0 atom stereocenters. The molecule has 0 bridgehead atoms. The lowest BCUT2D eigenvalue weighted by Crippen LogP contribution is -1.90. The van der Waals surface area contributed by atoms with Crippen molar-refractivity contribution in [2.45, 2.75) is 0 Å². The quantitative estimate of drug-likeness (QED) is 0.177. The highest BCUT2D eigenvalue weighted by Crippen LogP contribution is 2.44. The monoisotopic (exact) mass is 626 g/mol.